The van der Waals surface area contributed by atoms with Crippen LogP contribution in [0.15, 0.2) is 11.6 Å². The van der Waals surface area contributed by atoms with Crippen molar-refractivity contribution in [1.82, 2.24) is 19.9 Å². The van der Waals surface area contributed by atoms with E-state index >= 15 is 0 Å². The summed E-state index contributed by atoms with van der Waals surface area (Å²) < 4.78 is 2.11. The number of aromatic nitrogens is 3. The minimum absolute atomic E-state index is 0.834. The van der Waals surface area contributed by atoms with E-state index in [1.54, 1.807) is 11.3 Å². The fourth-order valence-corrected chi connectivity index (χ4v) is 2.62. The van der Waals surface area contributed by atoms with Crippen molar-refractivity contribution in [1.29, 1.82) is 0 Å². The summed E-state index contributed by atoms with van der Waals surface area (Å²) in [5.74, 6) is 0.979. The fraction of sp³-hybridized carbons (Fsp3) is 0.538. The largest absolute Gasteiger partial charge is 0.348 e. The molecule has 0 spiro atoms. The third-order valence-electron chi connectivity index (χ3n) is 2.99. The molecule has 0 amide bonds. The average molecular weight is 279 g/mol. The lowest BCUT2D eigenvalue weighted by Gasteiger charge is -2.12. The first-order valence-electron chi connectivity index (χ1n) is 6.37. The van der Waals surface area contributed by atoms with Gasteiger partial charge in [0, 0.05) is 46.0 Å². The zero-order valence-corrected chi connectivity index (χ0v) is 12.8. The van der Waals surface area contributed by atoms with Crippen molar-refractivity contribution in [2.75, 3.05) is 25.5 Å². The van der Waals surface area contributed by atoms with Crippen molar-refractivity contribution in [2.45, 2.75) is 19.9 Å². The van der Waals surface area contributed by atoms with Crippen molar-refractivity contribution in [3.05, 3.63) is 28.0 Å². The minimum Gasteiger partial charge on any atom is -0.348 e. The van der Waals surface area contributed by atoms with Crippen molar-refractivity contribution in [3.8, 4) is 0 Å². The van der Waals surface area contributed by atoms with E-state index in [1.165, 1.54) is 11.4 Å². The first kappa shape index (κ1) is 14.0. The Morgan fingerprint density at radius 3 is 2.79 bits per heavy atom. The molecule has 0 aliphatic heterocycles. The molecule has 0 unspecified atom stereocenters. The maximum atomic E-state index is 4.45. The lowest BCUT2D eigenvalue weighted by atomic mass is 10.3. The molecule has 2 heterocycles. The molecule has 0 aliphatic carbocycles. The Morgan fingerprint density at radius 1 is 1.42 bits per heavy atom. The summed E-state index contributed by atoms with van der Waals surface area (Å²) in [6.07, 6.45) is 2.90. The third-order valence-corrected chi connectivity index (χ3v) is 3.81. The van der Waals surface area contributed by atoms with Crippen LogP contribution in [0.5, 0.6) is 0 Å². The van der Waals surface area contributed by atoms with E-state index in [0.717, 1.165) is 30.5 Å². The predicted molar refractivity (Wildman–Crippen MR) is 79.8 cm³/mol. The van der Waals surface area contributed by atoms with Gasteiger partial charge in [0.15, 0.2) is 0 Å². The van der Waals surface area contributed by atoms with Gasteiger partial charge in [0.25, 0.3) is 0 Å². The van der Waals surface area contributed by atoms with Crippen LogP contribution in [0.4, 0.5) is 5.95 Å². The van der Waals surface area contributed by atoms with Crippen LogP contribution in [-0.2, 0) is 20.0 Å². The standard InChI is InChI=1S/C13H21N5S/c1-10-16-11(9-19-10)5-6-14-7-12-8-15-13(17(2)3)18(12)4/h8-9,14H,5-7H2,1-4H3. The summed E-state index contributed by atoms with van der Waals surface area (Å²) in [6, 6.07) is 0. The summed E-state index contributed by atoms with van der Waals surface area (Å²) >= 11 is 1.71. The summed E-state index contributed by atoms with van der Waals surface area (Å²) in [6.45, 7) is 3.81. The second-order valence-electron chi connectivity index (χ2n) is 4.79. The van der Waals surface area contributed by atoms with Crippen LogP contribution in [0.2, 0.25) is 0 Å². The summed E-state index contributed by atoms with van der Waals surface area (Å²) in [5.41, 5.74) is 2.37. The second kappa shape index (κ2) is 6.16. The predicted octanol–water partition coefficient (Wildman–Crippen LogP) is 1.58. The van der Waals surface area contributed by atoms with E-state index in [2.05, 4.69) is 25.2 Å². The molecule has 0 aliphatic rings. The topological polar surface area (TPSA) is 46.0 Å². The Bertz CT molecular complexity index is 529. The number of thiazole rings is 1. The zero-order valence-electron chi connectivity index (χ0n) is 12.0. The Hall–Kier alpha value is -1.40. The molecule has 0 atom stereocenters. The fourth-order valence-electron chi connectivity index (χ4n) is 1.97. The van der Waals surface area contributed by atoms with Crippen molar-refractivity contribution >= 4 is 17.3 Å². The molecule has 0 radical (unpaired) electrons. The van der Waals surface area contributed by atoms with Gasteiger partial charge in [-0.3, -0.25) is 0 Å². The number of hydrogen-bond acceptors (Lipinski definition) is 5. The number of aryl methyl sites for hydroxylation is 1. The van der Waals surface area contributed by atoms with E-state index in [-0.39, 0.29) is 0 Å². The Kier molecular flexibility index (Phi) is 4.55. The van der Waals surface area contributed by atoms with Gasteiger partial charge in [-0.2, -0.15) is 0 Å². The van der Waals surface area contributed by atoms with E-state index in [0.29, 0.717) is 0 Å². The van der Waals surface area contributed by atoms with Gasteiger partial charge < -0.3 is 14.8 Å². The number of imidazole rings is 1. The summed E-state index contributed by atoms with van der Waals surface area (Å²) in [5, 5.41) is 6.70. The molecule has 0 bridgehead atoms. The number of hydrogen-bond donors (Lipinski definition) is 1. The van der Waals surface area contributed by atoms with Crippen LogP contribution >= 0.6 is 11.3 Å². The zero-order chi connectivity index (χ0) is 13.8. The molecule has 2 aromatic heterocycles. The first-order valence-corrected chi connectivity index (χ1v) is 7.25. The van der Waals surface area contributed by atoms with Crippen LogP contribution in [0.3, 0.4) is 0 Å². The molecule has 19 heavy (non-hydrogen) atoms. The average Bonchev–Trinajstić information content (AvgIpc) is 2.92. The third kappa shape index (κ3) is 3.54. The molecule has 0 fully saturated rings. The van der Waals surface area contributed by atoms with Crippen molar-refractivity contribution in [2.24, 2.45) is 7.05 Å². The minimum atomic E-state index is 0.834. The maximum Gasteiger partial charge on any atom is 0.204 e. The SMILES string of the molecule is Cc1nc(CCNCc2cnc(N(C)C)n2C)cs1. The maximum absolute atomic E-state index is 4.45. The number of rotatable bonds is 6. The van der Waals surface area contributed by atoms with Gasteiger partial charge >= 0.3 is 0 Å². The molecule has 0 aromatic carbocycles. The van der Waals surface area contributed by atoms with E-state index in [9.17, 15) is 0 Å². The van der Waals surface area contributed by atoms with Gasteiger partial charge in [0.1, 0.15) is 0 Å². The molecule has 2 aromatic rings. The molecule has 1 N–H and O–H groups in total. The summed E-state index contributed by atoms with van der Waals surface area (Å²) in [7, 11) is 6.05. The Balaban J connectivity index is 1.80. The highest BCUT2D eigenvalue weighted by molar-refractivity contribution is 7.09. The van der Waals surface area contributed by atoms with Gasteiger partial charge in [-0.05, 0) is 6.92 Å². The van der Waals surface area contributed by atoms with Gasteiger partial charge in [-0.15, -0.1) is 11.3 Å². The monoisotopic (exact) mass is 279 g/mol. The molecule has 0 saturated heterocycles. The van der Waals surface area contributed by atoms with Crippen LogP contribution in [0.25, 0.3) is 0 Å². The second-order valence-corrected chi connectivity index (χ2v) is 5.85. The lowest BCUT2D eigenvalue weighted by molar-refractivity contribution is 0.648. The molecule has 6 heteroatoms. The van der Waals surface area contributed by atoms with Gasteiger partial charge in [0.2, 0.25) is 5.95 Å². The molecule has 5 nitrogen and oxygen atoms in total. The molecule has 104 valence electrons. The van der Waals surface area contributed by atoms with Crippen molar-refractivity contribution < 1.29 is 0 Å². The van der Waals surface area contributed by atoms with Crippen LogP contribution in [0, 0.1) is 6.92 Å². The number of nitrogens with one attached hydrogen (secondary N) is 1. The van der Waals surface area contributed by atoms with E-state index < -0.39 is 0 Å². The van der Waals surface area contributed by atoms with Gasteiger partial charge in [-0.25, -0.2) is 9.97 Å². The normalized spacial score (nSPS) is 10.9. The van der Waals surface area contributed by atoms with E-state index in [4.69, 9.17) is 0 Å². The first-order chi connectivity index (χ1) is 9.08. The van der Waals surface area contributed by atoms with Gasteiger partial charge in [0.05, 0.1) is 22.6 Å². The van der Waals surface area contributed by atoms with Crippen LogP contribution in [-0.4, -0.2) is 35.2 Å². The quantitative estimate of drug-likeness (QED) is 0.816. The van der Waals surface area contributed by atoms with Crippen molar-refractivity contribution in [3.63, 3.8) is 0 Å². The van der Waals surface area contributed by atoms with E-state index in [1.807, 2.05) is 39.2 Å². The molecule has 0 saturated carbocycles. The molecular weight excluding hydrogens is 258 g/mol. The number of nitrogens with zero attached hydrogens (tertiary/aromatic N) is 4. The number of anilines is 1. The van der Waals surface area contributed by atoms with Crippen LogP contribution < -0.4 is 10.2 Å². The Labute approximate surface area is 118 Å². The highest BCUT2D eigenvalue weighted by atomic mass is 32.1. The van der Waals surface area contributed by atoms with Gasteiger partial charge in [-0.1, -0.05) is 0 Å². The lowest BCUT2D eigenvalue weighted by Crippen LogP contribution is -2.20. The van der Waals surface area contributed by atoms with Crippen LogP contribution in [0.1, 0.15) is 16.4 Å². The highest BCUT2D eigenvalue weighted by Crippen LogP contribution is 2.11. The highest BCUT2D eigenvalue weighted by Gasteiger charge is 2.07. The summed E-state index contributed by atoms with van der Waals surface area (Å²) in [4.78, 5) is 10.9. The Morgan fingerprint density at radius 2 is 2.21 bits per heavy atom. The molecule has 2 rings (SSSR count). The molecular formula is C13H21N5S. The smallest absolute Gasteiger partial charge is 0.204 e.